The number of hydrogen-bond acceptors (Lipinski definition) is 3. The molecule has 1 unspecified atom stereocenters. The molecule has 0 saturated carbocycles. The Hall–Kier alpha value is -1.07. The quantitative estimate of drug-likeness (QED) is 0.613. The number of rotatable bonds is 7. The zero-order chi connectivity index (χ0) is 16.5. The van der Waals surface area contributed by atoms with Crippen LogP contribution in [0, 0.1) is 5.92 Å². The van der Waals surface area contributed by atoms with Gasteiger partial charge in [0.2, 0.25) is 0 Å². The summed E-state index contributed by atoms with van der Waals surface area (Å²) in [5, 5.41) is 5.68. The molecule has 1 aliphatic rings. The lowest BCUT2D eigenvalue weighted by Crippen LogP contribution is -2.43. The van der Waals surface area contributed by atoms with Crippen molar-refractivity contribution in [3.05, 3.63) is 22.4 Å². The molecule has 1 aromatic heterocycles. The number of nitrogens with zero attached hydrogens (tertiary/aromatic N) is 3. The van der Waals surface area contributed by atoms with Gasteiger partial charge in [-0.2, -0.15) is 0 Å². The third-order valence-corrected chi connectivity index (χ3v) is 5.41. The van der Waals surface area contributed by atoms with Crippen LogP contribution in [0.1, 0.15) is 31.1 Å². The summed E-state index contributed by atoms with van der Waals surface area (Å²) in [5.41, 5.74) is 0. The highest BCUT2D eigenvalue weighted by molar-refractivity contribution is 7.09. The molecular formula is C18H32N4S. The number of nitrogens with one attached hydrogen (secondary N) is 1. The summed E-state index contributed by atoms with van der Waals surface area (Å²) < 4.78 is 0. The summed E-state index contributed by atoms with van der Waals surface area (Å²) in [6.07, 6.45) is 5.23. The highest BCUT2D eigenvalue weighted by Crippen LogP contribution is 2.11. The molecule has 1 aliphatic heterocycles. The van der Waals surface area contributed by atoms with Crippen molar-refractivity contribution in [2.75, 3.05) is 46.8 Å². The van der Waals surface area contributed by atoms with Crippen LogP contribution in [0.2, 0.25) is 0 Å². The van der Waals surface area contributed by atoms with Gasteiger partial charge in [0.1, 0.15) is 0 Å². The first-order valence-corrected chi connectivity index (χ1v) is 9.73. The predicted molar refractivity (Wildman–Crippen MR) is 101 cm³/mol. The van der Waals surface area contributed by atoms with E-state index in [0.717, 1.165) is 25.5 Å². The maximum absolute atomic E-state index is 4.43. The SMILES string of the molecule is CN=C(NCC(C)CN1CCCCC1)N(C)CCc1cccs1. The molecule has 1 aromatic rings. The van der Waals surface area contributed by atoms with Gasteiger partial charge in [-0.25, -0.2) is 0 Å². The van der Waals surface area contributed by atoms with Gasteiger partial charge >= 0.3 is 0 Å². The third kappa shape index (κ3) is 6.51. The normalized spacial score (nSPS) is 18.0. The average Bonchev–Trinajstić information content (AvgIpc) is 3.08. The molecule has 23 heavy (non-hydrogen) atoms. The van der Waals surface area contributed by atoms with Crippen LogP contribution in [0.15, 0.2) is 22.5 Å². The maximum Gasteiger partial charge on any atom is 0.193 e. The van der Waals surface area contributed by atoms with E-state index in [9.17, 15) is 0 Å². The summed E-state index contributed by atoms with van der Waals surface area (Å²) in [6.45, 7) is 8.08. The van der Waals surface area contributed by atoms with Crippen LogP contribution in [0.25, 0.3) is 0 Å². The van der Waals surface area contributed by atoms with E-state index < -0.39 is 0 Å². The molecule has 2 rings (SSSR count). The molecule has 5 heteroatoms. The van der Waals surface area contributed by atoms with Crippen LogP contribution in [0.3, 0.4) is 0 Å². The van der Waals surface area contributed by atoms with Crippen molar-refractivity contribution >= 4 is 17.3 Å². The molecule has 0 amide bonds. The van der Waals surface area contributed by atoms with Crippen molar-refractivity contribution in [1.29, 1.82) is 0 Å². The lowest BCUT2D eigenvalue weighted by molar-refractivity contribution is 0.200. The Morgan fingerprint density at radius 2 is 2.17 bits per heavy atom. The molecule has 1 atom stereocenters. The Morgan fingerprint density at radius 1 is 1.39 bits per heavy atom. The summed E-state index contributed by atoms with van der Waals surface area (Å²) >= 11 is 1.83. The molecule has 130 valence electrons. The Bertz CT molecular complexity index is 452. The Balaban J connectivity index is 1.68. The van der Waals surface area contributed by atoms with E-state index in [4.69, 9.17) is 0 Å². The van der Waals surface area contributed by atoms with Crippen molar-refractivity contribution in [2.24, 2.45) is 10.9 Å². The summed E-state index contributed by atoms with van der Waals surface area (Å²) in [5.74, 6) is 1.66. The molecule has 0 bridgehead atoms. The smallest absolute Gasteiger partial charge is 0.193 e. The zero-order valence-corrected chi connectivity index (χ0v) is 15.7. The van der Waals surface area contributed by atoms with E-state index in [1.807, 2.05) is 18.4 Å². The third-order valence-electron chi connectivity index (χ3n) is 4.47. The minimum absolute atomic E-state index is 0.649. The average molecular weight is 337 g/mol. The molecule has 2 heterocycles. The van der Waals surface area contributed by atoms with Crippen LogP contribution in [0.4, 0.5) is 0 Å². The maximum atomic E-state index is 4.43. The molecule has 4 nitrogen and oxygen atoms in total. The number of likely N-dealkylation sites (N-methyl/N-ethyl adjacent to an activating group) is 1. The van der Waals surface area contributed by atoms with Crippen LogP contribution in [-0.4, -0.2) is 62.6 Å². The van der Waals surface area contributed by atoms with Crippen molar-refractivity contribution in [2.45, 2.75) is 32.6 Å². The van der Waals surface area contributed by atoms with Crippen LogP contribution < -0.4 is 5.32 Å². The lowest BCUT2D eigenvalue weighted by atomic mass is 10.1. The van der Waals surface area contributed by atoms with Gasteiger partial charge < -0.3 is 15.1 Å². The van der Waals surface area contributed by atoms with E-state index in [2.05, 4.69) is 51.6 Å². The molecule has 1 N–H and O–H groups in total. The predicted octanol–water partition coefficient (Wildman–Crippen LogP) is 2.92. The second kappa shape index (κ2) is 9.93. The van der Waals surface area contributed by atoms with Crippen LogP contribution >= 0.6 is 11.3 Å². The second-order valence-electron chi connectivity index (χ2n) is 6.65. The largest absolute Gasteiger partial charge is 0.356 e. The van der Waals surface area contributed by atoms with E-state index in [0.29, 0.717) is 5.92 Å². The van der Waals surface area contributed by atoms with Crippen molar-refractivity contribution in [3.63, 3.8) is 0 Å². The summed E-state index contributed by atoms with van der Waals surface area (Å²) in [6, 6.07) is 4.32. The fourth-order valence-corrected chi connectivity index (χ4v) is 3.83. The molecule has 0 radical (unpaired) electrons. The number of aliphatic imine (C=N–C) groups is 1. The number of guanidine groups is 1. The lowest BCUT2D eigenvalue weighted by Gasteiger charge is -2.30. The van der Waals surface area contributed by atoms with E-state index in [1.54, 1.807) is 0 Å². The fraction of sp³-hybridized carbons (Fsp3) is 0.722. The Kier molecular flexibility index (Phi) is 7.89. The highest BCUT2D eigenvalue weighted by Gasteiger charge is 2.14. The molecule has 0 spiro atoms. The first-order chi connectivity index (χ1) is 11.2. The van der Waals surface area contributed by atoms with E-state index in [-0.39, 0.29) is 0 Å². The summed E-state index contributed by atoms with van der Waals surface area (Å²) in [7, 11) is 4.00. The van der Waals surface area contributed by atoms with Gasteiger partial charge in [0, 0.05) is 38.6 Å². The van der Waals surface area contributed by atoms with Crippen molar-refractivity contribution < 1.29 is 0 Å². The van der Waals surface area contributed by atoms with Gasteiger partial charge in [-0.1, -0.05) is 19.4 Å². The standard InChI is InChI=1S/C18H32N4S/c1-16(15-22-10-5-4-6-11-22)14-20-18(19-2)21(3)12-9-17-8-7-13-23-17/h7-8,13,16H,4-6,9-12,14-15H2,1-3H3,(H,19,20). The number of likely N-dealkylation sites (tertiary alicyclic amines) is 1. The number of hydrogen-bond donors (Lipinski definition) is 1. The number of thiophene rings is 1. The van der Waals surface area contributed by atoms with Gasteiger partial charge in [-0.15, -0.1) is 11.3 Å². The second-order valence-corrected chi connectivity index (χ2v) is 7.68. The zero-order valence-electron chi connectivity index (χ0n) is 14.9. The van der Waals surface area contributed by atoms with Gasteiger partial charge in [-0.05, 0) is 49.7 Å². The number of piperidine rings is 1. The molecule has 1 fully saturated rings. The molecule has 0 aliphatic carbocycles. The molecular weight excluding hydrogens is 304 g/mol. The molecule has 0 aromatic carbocycles. The minimum Gasteiger partial charge on any atom is -0.356 e. The fourth-order valence-electron chi connectivity index (χ4n) is 3.14. The highest BCUT2D eigenvalue weighted by atomic mass is 32.1. The van der Waals surface area contributed by atoms with E-state index >= 15 is 0 Å². The first-order valence-electron chi connectivity index (χ1n) is 8.85. The first kappa shape index (κ1) is 18.3. The Morgan fingerprint density at radius 3 is 2.83 bits per heavy atom. The minimum atomic E-state index is 0.649. The molecule has 1 saturated heterocycles. The Labute approximate surface area is 145 Å². The van der Waals surface area contributed by atoms with Crippen LogP contribution in [0.5, 0.6) is 0 Å². The van der Waals surface area contributed by atoms with Crippen LogP contribution in [-0.2, 0) is 6.42 Å². The van der Waals surface area contributed by atoms with Gasteiger partial charge in [0.15, 0.2) is 5.96 Å². The van der Waals surface area contributed by atoms with E-state index in [1.165, 1.54) is 43.8 Å². The van der Waals surface area contributed by atoms with Crippen molar-refractivity contribution in [3.8, 4) is 0 Å². The summed E-state index contributed by atoms with van der Waals surface area (Å²) in [4.78, 5) is 10.7. The topological polar surface area (TPSA) is 30.9 Å². The monoisotopic (exact) mass is 336 g/mol. The van der Waals surface area contributed by atoms with Gasteiger partial charge in [0.05, 0.1) is 0 Å². The van der Waals surface area contributed by atoms with Gasteiger partial charge in [-0.3, -0.25) is 4.99 Å². The van der Waals surface area contributed by atoms with Crippen molar-refractivity contribution in [1.82, 2.24) is 15.1 Å². The van der Waals surface area contributed by atoms with Gasteiger partial charge in [0.25, 0.3) is 0 Å².